The van der Waals surface area contributed by atoms with Gasteiger partial charge in [-0.05, 0) is 0 Å². The predicted octanol–water partition coefficient (Wildman–Crippen LogP) is -0.685. The fourth-order valence-corrected chi connectivity index (χ4v) is 0.633. The second-order valence-corrected chi connectivity index (χ2v) is 2.19. The van der Waals surface area contributed by atoms with Crippen molar-refractivity contribution >= 4 is 12.4 Å². The Morgan fingerprint density at radius 3 is 2.75 bits per heavy atom. The molecule has 0 radical (unpaired) electrons. The molecule has 6 nitrogen and oxygen atoms in total. The van der Waals surface area contributed by atoms with Gasteiger partial charge in [0.05, 0.1) is 13.7 Å². The summed E-state index contributed by atoms with van der Waals surface area (Å²) >= 11 is 0. The van der Waals surface area contributed by atoms with Crippen LogP contribution in [-0.4, -0.2) is 49.3 Å². The van der Waals surface area contributed by atoms with E-state index in [0.717, 1.165) is 0 Å². The van der Waals surface area contributed by atoms with E-state index in [1.165, 1.54) is 12.2 Å². The Labute approximate surface area is 70.1 Å². The Kier molecular flexibility index (Phi) is 4.98. The van der Waals surface area contributed by atoms with Crippen molar-refractivity contribution < 1.29 is 19.5 Å². The molecule has 70 valence electrons. The van der Waals surface area contributed by atoms with Crippen LogP contribution >= 0.6 is 0 Å². The largest absolute Gasteiger partial charge is 0.465 e. The second kappa shape index (κ2) is 5.50. The highest BCUT2D eigenvalue weighted by Gasteiger charge is 2.11. The zero-order valence-corrected chi connectivity index (χ0v) is 6.98. The number of nitrogens with zero attached hydrogens (tertiary/aromatic N) is 1. The molecule has 1 amide bonds. The number of aldehydes is 1. The minimum Gasteiger partial charge on any atom is -0.465 e. The van der Waals surface area contributed by atoms with Crippen molar-refractivity contribution in [3.63, 3.8) is 0 Å². The maximum atomic E-state index is 10.3. The van der Waals surface area contributed by atoms with Crippen LogP contribution in [0.5, 0.6) is 0 Å². The van der Waals surface area contributed by atoms with Gasteiger partial charge in [0.1, 0.15) is 12.3 Å². The number of amides is 1. The van der Waals surface area contributed by atoms with Gasteiger partial charge in [0.15, 0.2) is 0 Å². The summed E-state index contributed by atoms with van der Waals surface area (Å²) in [6.07, 6.45) is -0.708. The van der Waals surface area contributed by atoms with Crippen molar-refractivity contribution in [1.82, 2.24) is 10.4 Å². The average molecular weight is 176 g/mol. The van der Waals surface area contributed by atoms with Crippen LogP contribution in [0.3, 0.4) is 0 Å². The Hall–Kier alpha value is -1.14. The van der Waals surface area contributed by atoms with Crippen LogP contribution < -0.4 is 5.32 Å². The summed E-state index contributed by atoms with van der Waals surface area (Å²) in [6.45, 7) is 0.187. The highest BCUT2D eigenvalue weighted by atomic mass is 16.7. The van der Waals surface area contributed by atoms with Gasteiger partial charge >= 0.3 is 6.09 Å². The fraction of sp³-hybridized carbons (Fsp3) is 0.667. The number of rotatable bonds is 5. The summed E-state index contributed by atoms with van der Waals surface area (Å²) in [5.74, 6) is 0. The van der Waals surface area contributed by atoms with Crippen molar-refractivity contribution in [2.75, 3.05) is 20.7 Å². The lowest BCUT2D eigenvalue weighted by Crippen LogP contribution is -2.42. The Morgan fingerprint density at radius 1 is 1.83 bits per heavy atom. The van der Waals surface area contributed by atoms with Crippen molar-refractivity contribution in [2.24, 2.45) is 0 Å². The quantitative estimate of drug-likeness (QED) is 0.428. The second-order valence-electron chi connectivity index (χ2n) is 2.19. The molecule has 0 bridgehead atoms. The summed E-state index contributed by atoms with van der Waals surface area (Å²) < 4.78 is 0. The van der Waals surface area contributed by atoms with E-state index < -0.39 is 12.1 Å². The van der Waals surface area contributed by atoms with Crippen molar-refractivity contribution in [3.05, 3.63) is 0 Å². The SMILES string of the molecule is CON(C)C[C@@H](C=O)NC(=O)O. The maximum absolute atomic E-state index is 10.3. The third kappa shape index (κ3) is 4.64. The number of hydroxylamine groups is 2. The first-order valence-corrected chi connectivity index (χ1v) is 3.30. The molecule has 0 aromatic rings. The first-order chi connectivity index (χ1) is 5.60. The van der Waals surface area contributed by atoms with E-state index in [9.17, 15) is 9.59 Å². The number of hydrogen-bond donors (Lipinski definition) is 2. The van der Waals surface area contributed by atoms with E-state index in [4.69, 9.17) is 9.94 Å². The zero-order chi connectivity index (χ0) is 9.56. The van der Waals surface area contributed by atoms with Crippen molar-refractivity contribution in [1.29, 1.82) is 0 Å². The topological polar surface area (TPSA) is 78.9 Å². The summed E-state index contributed by atoms with van der Waals surface area (Å²) in [4.78, 5) is 25.1. The summed E-state index contributed by atoms with van der Waals surface area (Å²) in [7, 11) is 3.03. The fourth-order valence-electron chi connectivity index (χ4n) is 0.633. The number of likely N-dealkylation sites (N-methyl/N-ethyl adjacent to an activating group) is 1. The molecule has 0 spiro atoms. The number of carbonyl (C=O) groups is 2. The van der Waals surface area contributed by atoms with Gasteiger partial charge in [0, 0.05) is 7.05 Å². The molecule has 12 heavy (non-hydrogen) atoms. The summed E-state index contributed by atoms with van der Waals surface area (Å²) in [6, 6.07) is -0.757. The highest BCUT2D eigenvalue weighted by molar-refractivity contribution is 5.71. The van der Waals surface area contributed by atoms with Gasteiger partial charge in [0.2, 0.25) is 0 Å². The molecule has 0 saturated carbocycles. The number of carboxylic acid groups (broad SMARTS) is 1. The molecule has 6 heteroatoms. The number of nitrogens with one attached hydrogen (secondary N) is 1. The van der Waals surface area contributed by atoms with Crippen LogP contribution in [0.25, 0.3) is 0 Å². The standard InChI is InChI=1S/C6H12N2O4/c1-8(12-2)3-5(4-9)7-6(10)11/h4-5,7H,3H2,1-2H3,(H,10,11)/t5-/m0/s1. The minimum atomic E-state index is -1.23. The van der Waals surface area contributed by atoms with E-state index in [2.05, 4.69) is 0 Å². The Morgan fingerprint density at radius 2 is 2.42 bits per heavy atom. The molecule has 0 fully saturated rings. The monoisotopic (exact) mass is 176 g/mol. The lowest BCUT2D eigenvalue weighted by molar-refractivity contribution is -0.124. The highest BCUT2D eigenvalue weighted by Crippen LogP contribution is 1.86. The maximum Gasteiger partial charge on any atom is 0.405 e. The third-order valence-corrected chi connectivity index (χ3v) is 1.24. The molecule has 0 aliphatic carbocycles. The molecular weight excluding hydrogens is 164 g/mol. The van der Waals surface area contributed by atoms with E-state index in [0.29, 0.717) is 6.29 Å². The number of carbonyl (C=O) groups excluding carboxylic acids is 1. The van der Waals surface area contributed by atoms with Crippen LogP contribution in [0, 0.1) is 0 Å². The van der Waals surface area contributed by atoms with E-state index in [1.807, 2.05) is 5.32 Å². The van der Waals surface area contributed by atoms with E-state index >= 15 is 0 Å². The minimum absolute atomic E-state index is 0.187. The van der Waals surface area contributed by atoms with Crippen LogP contribution in [0.2, 0.25) is 0 Å². The van der Waals surface area contributed by atoms with Gasteiger partial charge in [-0.25, -0.2) is 4.79 Å². The Bertz CT molecular complexity index is 162. The molecule has 1 atom stereocenters. The van der Waals surface area contributed by atoms with Gasteiger partial charge in [-0.3, -0.25) is 0 Å². The summed E-state index contributed by atoms with van der Waals surface area (Å²) in [5.41, 5.74) is 0. The molecule has 0 unspecified atom stereocenters. The van der Waals surface area contributed by atoms with Crippen LogP contribution in [0.15, 0.2) is 0 Å². The van der Waals surface area contributed by atoms with Gasteiger partial charge in [-0.2, -0.15) is 5.06 Å². The van der Waals surface area contributed by atoms with E-state index in [-0.39, 0.29) is 6.54 Å². The smallest absolute Gasteiger partial charge is 0.405 e. The molecule has 2 N–H and O–H groups in total. The van der Waals surface area contributed by atoms with Gasteiger partial charge in [0.25, 0.3) is 0 Å². The molecule has 0 heterocycles. The Balaban J connectivity index is 3.82. The normalized spacial score (nSPS) is 12.6. The van der Waals surface area contributed by atoms with Gasteiger partial charge in [-0.15, -0.1) is 0 Å². The molecule has 0 aliphatic rings. The van der Waals surface area contributed by atoms with E-state index in [1.54, 1.807) is 7.05 Å². The van der Waals surface area contributed by atoms with Gasteiger partial charge < -0.3 is 20.1 Å². The summed E-state index contributed by atoms with van der Waals surface area (Å²) in [5, 5.41) is 11.6. The third-order valence-electron chi connectivity index (χ3n) is 1.24. The predicted molar refractivity (Wildman–Crippen MR) is 40.7 cm³/mol. The zero-order valence-electron chi connectivity index (χ0n) is 6.98. The lowest BCUT2D eigenvalue weighted by Gasteiger charge is -2.17. The molecular formula is C6H12N2O4. The van der Waals surface area contributed by atoms with Crippen molar-refractivity contribution in [2.45, 2.75) is 6.04 Å². The molecule has 0 aromatic heterocycles. The molecule has 0 aliphatic heterocycles. The first-order valence-electron chi connectivity index (χ1n) is 3.30. The number of hydrogen-bond acceptors (Lipinski definition) is 4. The van der Waals surface area contributed by atoms with Gasteiger partial charge in [-0.1, -0.05) is 0 Å². The van der Waals surface area contributed by atoms with Crippen LogP contribution in [0.1, 0.15) is 0 Å². The lowest BCUT2D eigenvalue weighted by atomic mass is 10.3. The molecule has 0 aromatic carbocycles. The van der Waals surface area contributed by atoms with Crippen LogP contribution in [0.4, 0.5) is 4.79 Å². The van der Waals surface area contributed by atoms with Crippen LogP contribution in [-0.2, 0) is 9.63 Å². The van der Waals surface area contributed by atoms with Crippen molar-refractivity contribution in [3.8, 4) is 0 Å². The molecule has 0 rings (SSSR count). The average Bonchev–Trinajstić information content (AvgIpc) is 2.02. The molecule has 0 saturated heterocycles. The first kappa shape index (κ1) is 10.9.